The van der Waals surface area contributed by atoms with Crippen LogP contribution < -0.4 is 4.74 Å². The summed E-state index contributed by atoms with van der Waals surface area (Å²) in [5.41, 5.74) is 1.34. The fourth-order valence-corrected chi connectivity index (χ4v) is 1.98. The minimum absolute atomic E-state index is 0.116. The zero-order valence-corrected chi connectivity index (χ0v) is 10.7. The zero-order valence-electron chi connectivity index (χ0n) is 9.00. The minimum Gasteiger partial charge on any atom is -0.496 e. The maximum absolute atomic E-state index is 5.37. The van der Waals surface area contributed by atoms with Gasteiger partial charge in [0.1, 0.15) is 5.75 Å². The van der Waals surface area contributed by atoms with Crippen molar-refractivity contribution in [3.8, 4) is 5.75 Å². The number of hydrogen-bond donors (Lipinski definition) is 1. The standard InChI is InChI=1S/C11H16OS2/c1-11(2,3)9-6-5-8(14-13)7-10(9)12-4/h5-7,13H,1-4H3. The molecule has 78 valence electrons. The van der Waals surface area contributed by atoms with Crippen molar-refractivity contribution in [1.82, 2.24) is 0 Å². The van der Waals surface area contributed by atoms with E-state index in [4.69, 9.17) is 4.74 Å². The summed E-state index contributed by atoms with van der Waals surface area (Å²) in [5.74, 6) is 0.941. The SMILES string of the molecule is COc1cc(SS)ccc1C(C)(C)C. The molecule has 14 heavy (non-hydrogen) atoms. The van der Waals surface area contributed by atoms with Crippen LogP contribution in [0.2, 0.25) is 0 Å². The summed E-state index contributed by atoms with van der Waals surface area (Å²) in [6, 6.07) is 6.20. The molecule has 1 aromatic carbocycles. The average molecular weight is 228 g/mol. The lowest BCUT2D eigenvalue weighted by Gasteiger charge is -2.22. The van der Waals surface area contributed by atoms with Crippen molar-refractivity contribution in [2.45, 2.75) is 31.1 Å². The second kappa shape index (κ2) is 4.49. The molecule has 0 radical (unpaired) electrons. The quantitative estimate of drug-likeness (QED) is 0.606. The molecule has 0 saturated carbocycles. The smallest absolute Gasteiger partial charge is 0.123 e. The van der Waals surface area contributed by atoms with Crippen molar-refractivity contribution in [1.29, 1.82) is 0 Å². The van der Waals surface area contributed by atoms with E-state index >= 15 is 0 Å². The van der Waals surface area contributed by atoms with E-state index in [-0.39, 0.29) is 5.41 Å². The van der Waals surface area contributed by atoms with Crippen LogP contribution in [0, 0.1) is 0 Å². The molecule has 0 saturated heterocycles. The number of benzene rings is 1. The molecule has 0 heterocycles. The zero-order chi connectivity index (χ0) is 10.8. The largest absolute Gasteiger partial charge is 0.496 e. The molecule has 3 heteroatoms. The highest BCUT2D eigenvalue weighted by atomic mass is 33.1. The normalized spacial score (nSPS) is 11.5. The van der Waals surface area contributed by atoms with Gasteiger partial charge >= 0.3 is 0 Å². The molecule has 0 aromatic heterocycles. The van der Waals surface area contributed by atoms with Crippen LogP contribution in [0.3, 0.4) is 0 Å². The molecule has 0 amide bonds. The van der Waals surface area contributed by atoms with Crippen molar-refractivity contribution in [2.75, 3.05) is 7.11 Å². The first-order chi connectivity index (χ1) is 6.49. The van der Waals surface area contributed by atoms with Gasteiger partial charge in [0, 0.05) is 4.90 Å². The molecule has 0 aliphatic carbocycles. The van der Waals surface area contributed by atoms with Gasteiger partial charge in [-0.05, 0) is 23.1 Å². The first-order valence-corrected chi connectivity index (χ1v) is 6.36. The van der Waals surface area contributed by atoms with E-state index in [1.165, 1.54) is 16.4 Å². The second-order valence-corrected chi connectivity index (χ2v) is 5.41. The highest BCUT2D eigenvalue weighted by Crippen LogP contribution is 2.35. The predicted octanol–water partition coefficient (Wildman–Crippen LogP) is 3.93. The Morgan fingerprint density at radius 1 is 1.29 bits per heavy atom. The lowest BCUT2D eigenvalue weighted by Crippen LogP contribution is -2.12. The van der Waals surface area contributed by atoms with Gasteiger partial charge < -0.3 is 4.74 Å². The maximum Gasteiger partial charge on any atom is 0.123 e. The molecule has 0 unspecified atom stereocenters. The lowest BCUT2D eigenvalue weighted by atomic mass is 9.86. The Kier molecular flexibility index (Phi) is 3.78. The van der Waals surface area contributed by atoms with Crippen LogP contribution in [-0.4, -0.2) is 7.11 Å². The predicted molar refractivity (Wildman–Crippen MR) is 66.5 cm³/mol. The Balaban J connectivity index is 3.18. The van der Waals surface area contributed by atoms with Gasteiger partial charge in [-0.15, -0.1) is 11.7 Å². The number of ether oxygens (including phenoxy) is 1. The van der Waals surface area contributed by atoms with E-state index < -0.39 is 0 Å². The first-order valence-electron chi connectivity index (χ1n) is 4.49. The summed E-state index contributed by atoms with van der Waals surface area (Å²) in [6.07, 6.45) is 0. The summed E-state index contributed by atoms with van der Waals surface area (Å²) >= 11 is 4.16. The summed E-state index contributed by atoms with van der Waals surface area (Å²) in [7, 11) is 3.14. The van der Waals surface area contributed by atoms with Crippen molar-refractivity contribution >= 4 is 22.5 Å². The van der Waals surface area contributed by atoms with Gasteiger partial charge in [-0.2, -0.15) is 0 Å². The van der Waals surface area contributed by atoms with E-state index in [0.717, 1.165) is 10.6 Å². The fourth-order valence-electron chi connectivity index (χ4n) is 1.35. The Hall–Kier alpha value is -0.280. The Morgan fingerprint density at radius 2 is 1.93 bits per heavy atom. The van der Waals surface area contributed by atoms with Crippen LogP contribution in [0.15, 0.2) is 23.1 Å². The molecule has 0 fully saturated rings. The molecule has 0 N–H and O–H groups in total. The van der Waals surface area contributed by atoms with Gasteiger partial charge in [0.25, 0.3) is 0 Å². The molecule has 0 spiro atoms. The number of thiol groups is 1. The third-order valence-electron chi connectivity index (χ3n) is 2.09. The van der Waals surface area contributed by atoms with Gasteiger partial charge in [0.15, 0.2) is 0 Å². The van der Waals surface area contributed by atoms with Crippen LogP contribution in [0.4, 0.5) is 0 Å². The van der Waals surface area contributed by atoms with Crippen molar-refractivity contribution < 1.29 is 4.74 Å². The Bertz CT molecular complexity index is 316. The van der Waals surface area contributed by atoms with E-state index in [9.17, 15) is 0 Å². The maximum atomic E-state index is 5.37. The van der Waals surface area contributed by atoms with Crippen molar-refractivity contribution in [3.63, 3.8) is 0 Å². The number of methoxy groups -OCH3 is 1. The highest BCUT2D eigenvalue weighted by molar-refractivity contribution is 8.68. The van der Waals surface area contributed by atoms with Gasteiger partial charge in [-0.25, -0.2) is 0 Å². The molecule has 1 aromatic rings. The van der Waals surface area contributed by atoms with Crippen LogP contribution in [0.5, 0.6) is 5.75 Å². The van der Waals surface area contributed by atoms with E-state index in [2.05, 4.69) is 44.6 Å². The second-order valence-electron chi connectivity index (χ2n) is 4.20. The van der Waals surface area contributed by atoms with E-state index in [0.29, 0.717) is 0 Å². The summed E-state index contributed by atoms with van der Waals surface area (Å²) in [5, 5.41) is 0. The molecular weight excluding hydrogens is 212 g/mol. The summed E-state index contributed by atoms with van der Waals surface area (Å²) < 4.78 is 5.37. The molecule has 0 aliphatic heterocycles. The topological polar surface area (TPSA) is 9.23 Å². The van der Waals surface area contributed by atoms with Crippen LogP contribution >= 0.6 is 22.5 Å². The van der Waals surface area contributed by atoms with Crippen LogP contribution in [0.25, 0.3) is 0 Å². The average Bonchev–Trinajstić information content (AvgIpc) is 2.15. The molecular formula is C11H16OS2. The van der Waals surface area contributed by atoms with Gasteiger partial charge in [0.2, 0.25) is 0 Å². The summed E-state index contributed by atoms with van der Waals surface area (Å²) in [6.45, 7) is 6.54. The molecule has 1 nitrogen and oxygen atoms in total. The van der Waals surface area contributed by atoms with Gasteiger partial charge in [-0.3, -0.25) is 0 Å². The van der Waals surface area contributed by atoms with Gasteiger partial charge in [-0.1, -0.05) is 37.6 Å². The van der Waals surface area contributed by atoms with Crippen LogP contribution in [0.1, 0.15) is 26.3 Å². The van der Waals surface area contributed by atoms with Gasteiger partial charge in [0.05, 0.1) is 7.11 Å². The van der Waals surface area contributed by atoms with Crippen molar-refractivity contribution in [3.05, 3.63) is 23.8 Å². The number of rotatable bonds is 2. The summed E-state index contributed by atoms with van der Waals surface area (Å²) in [4.78, 5) is 1.11. The monoisotopic (exact) mass is 228 g/mol. The van der Waals surface area contributed by atoms with E-state index in [1.807, 2.05) is 6.07 Å². The van der Waals surface area contributed by atoms with Crippen LogP contribution in [-0.2, 0) is 5.41 Å². The first kappa shape index (κ1) is 11.8. The number of hydrogen-bond acceptors (Lipinski definition) is 3. The highest BCUT2D eigenvalue weighted by Gasteiger charge is 2.18. The molecule has 0 aliphatic rings. The van der Waals surface area contributed by atoms with Crippen molar-refractivity contribution in [2.24, 2.45) is 0 Å². The molecule has 0 atom stereocenters. The van der Waals surface area contributed by atoms with E-state index in [1.54, 1.807) is 7.11 Å². The Morgan fingerprint density at radius 3 is 2.36 bits per heavy atom. The lowest BCUT2D eigenvalue weighted by molar-refractivity contribution is 0.396. The Labute approximate surface area is 95.0 Å². The molecule has 0 bridgehead atoms. The fraction of sp³-hybridized carbons (Fsp3) is 0.455. The third-order valence-corrected chi connectivity index (χ3v) is 3.18. The molecule has 1 rings (SSSR count). The third kappa shape index (κ3) is 2.61. The minimum atomic E-state index is 0.116.